The first-order valence-corrected chi connectivity index (χ1v) is 6.52. The molecule has 4 heteroatoms. The summed E-state index contributed by atoms with van der Waals surface area (Å²) >= 11 is 0. The standard InChI is InChI=1S/C15H20N2O2/c1-15(2)11-17(9-14(10-18)19-15)8-13-5-3-12(7-16)4-6-13/h3-6,14,18H,8-11H2,1-2H3. The molecule has 4 nitrogen and oxygen atoms in total. The van der Waals surface area contributed by atoms with Gasteiger partial charge in [-0.25, -0.2) is 0 Å². The molecule has 0 aromatic heterocycles. The van der Waals surface area contributed by atoms with E-state index < -0.39 is 0 Å². The molecule has 19 heavy (non-hydrogen) atoms. The third-order valence-electron chi connectivity index (χ3n) is 3.24. The van der Waals surface area contributed by atoms with Crippen molar-refractivity contribution in [3.8, 4) is 6.07 Å². The molecule has 1 unspecified atom stereocenters. The number of aliphatic hydroxyl groups is 1. The summed E-state index contributed by atoms with van der Waals surface area (Å²) in [5.41, 5.74) is 1.62. The number of hydrogen-bond donors (Lipinski definition) is 1. The van der Waals surface area contributed by atoms with Crippen molar-refractivity contribution in [2.45, 2.75) is 32.1 Å². The Labute approximate surface area is 114 Å². The highest BCUT2D eigenvalue weighted by atomic mass is 16.5. The highest BCUT2D eigenvalue weighted by Crippen LogP contribution is 2.22. The van der Waals surface area contributed by atoms with Gasteiger partial charge < -0.3 is 9.84 Å². The zero-order valence-electron chi connectivity index (χ0n) is 11.5. The van der Waals surface area contributed by atoms with Crippen LogP contribution < -0.4 is 0 Å². The van der Waals surface area contributed by atoms with Gasteiger partial charge in [-0.05, 0) is 31.5 Å². The predicted molar refractivity (Wildman–Crippen MR) is 72.5 cm³/mol. The van der Waals surface area contributed by atoms with Gasteiger partial charge in [0.1, 0.15) is 0 Å². The number of rotatable bonds is 3. The fourth-order valence-corrected chi connectivity index (χ4v) is 2.58. The van der Waals surface area contributed by atoms with Crippen LogP contribution in [-0.2, 0) is 11.3 Å². The molecule has 1 aromatic carbocycles. The van der Waals surface area contributed by atoms with Gasteiger partial charge in [-0.2, -0.15) is 5.26 Å². The average molecular weight is 260 g/mol. The molecule has 1 N–H and O–H groups in total. The first-order chi connectivity index (χ1) is 9.02. The fourth-order valence-electron chi connectivity index (χ4n) is 2.58. The van der Waals surface area contributed by atoms with Crippen LogP contribution in [0.1, 0.15) is 25.0 Å². The molecule has 0 saturated carbocycles. The summed E-state index contributed by atoms with van der Waals surface area (Å²) in [5, 5.41) is 18.1. The molecule has 0 amide bonds. The lowest BCUT2D eigenvalue weighted by atomic mass is 10.0. The molecule has 1 aliphatic rings. The van der Waals surface area contributed by atoms with Gasteiger partial charge >= 0.3 is 0 Å². The Hall–Kier alpha value is -1.41. The molecule has 1 heterocycles. The number of benzene rings is 1. The van der Waals surface area contributed by atoms with E-state index in [0.29, 0.717) is 5.56 Å². The summed E-state index contributed by atoms with van der Waals surface area (Å²) in [7, 11) is 0. The Bertz CT molecular complexity index is 462. The van der Waals surface area contributed by atoms with Crippen molar-refractivity contribution in [2.24, 2.45) is 0 Å². The summed E-state index contributed by atoms with van der Waals surface area (Å²) in [4.78, 5) is 2.28. The molecule has 1 aliphatic heterocycles. The van der Waals surface area contributed by atoms with Crippen LogP contribution in [0.4, 0.5) is 0 Å². The van der Waals surface area contributed by atoms with Crippen LogP contribution in [0, 0.1) is 11.3 Å². The van der Waals surface area contributed by atoms with Gasteiger partial charge in [0.25, 0.3) is 0 Å². The van der Waals surface area contributed by atoms with Gasteiger partial charge in [0.2, 0.25) is 0 Å². The molecule has 0 bridgehead atoms. The van der Waals surface area contributed by atoms with Crippen LogP contribution in [0.15, 0.2) is 24.3 Å². The van der Waals surface area contributed by atoms with Crippen molar-refractivity contribution in [1.82, 2.24) is 4.90 Å². The summed E-state index contributed by atoms with van der Waals surface area (Å²) in [5.74, 6) is 0. The Kier molecular flexibility index (Phi) is 4.20. The van der Waals surface area contributed by atoms with Crippen molar-refractivity contribution < 1.29 is 9.84 Å². The number of ether oxygens (including phenoxy) is 1. The lowest BCUT2D eigenvalue weighted by Gasteiger charge is -2.42. The van der Waals surface area contributed by atoms with E-state index in [2.05, 4.69) is 11.0 Å². The summed E-state index contributed by atoms with van der Waals surface area (Å²) in [6, 6.07) is 9.76. The number of nitriles is 1. The van der Waals surface area contributed by atoms with E-state index in [-0.39, 0.29) is 18.3 Å². The van der Waals surface area contributed by atoms with Crippen LogP contribution >= 0.6 is 0 Å². The minimum atomic E-state index is -0.238. The Morgan fingerprint density at radius 3 is 2.68 bits per heavy atom. The molecule has 102 valence electrons. The van der Waals surface area contributed by atoms with Crippen molar-refractivity contribution in [3.05, 3.63) is 35.4 Å². The van der Waals surface area contributed by atoms with Crippen molar-refractivity contribution in [2.75, 3.05) is 19.7 Å². The fraction of sp³-hybridized carbons (Fsp3) is 0.533. The zero-order chi connectivity index (χ0) is 13.9. The van der Waals surface area contributed by atoms with E-state index in [9.17, 15) is 5.11 Å². The van der Waals surface area contributed by atoms with Gasteiger partial charge in [0.15, 0.2) is 0 Å². The first-order valence-electron chi connectivity index (χ1n) is 6.52. The highest BCUT2D eigenvalue weighted by Gasteiger charge is 2.32. The molecule has 0 spiro atoms. The topological polar surface area (TPSA) is 56.5 Å². The quantitative estimate of drug-likeness (QED) is 0.895. The van der Waals surface area contributed by atoms with Gasteiger partial charge in [0.05, 0.1) is 29.9 Å². The summed E-state index contributed by atoms with van der Waals surface area (Å²) in [6.45, 7) is 6.52. The maximum atomic E-state index is 9.29. The molecule has 1 saturated heterocycles. The van der Waals surface area contributed by atoms with E-state index in [0.717, 1.165) is 19.6 Å². The first kappa shape index (κ1) is 14.0. The van der Waals surface area contributed by atoms with Gasteiger partial charge in [-0.15, -0.1) is 0 Å². The SMILES string of the molecule is CC1(C)CN(Cc2ccc(C#N)cc2)CC(CO)O1. The van der Waals surface area contributed by atoms with Crippen LogP contribution in [0.25, 0.3) is 0 Å². The Morgan fingerprint density at radius 2 is 2.11 bits per heavy atom. The largest absolute Gasteiger partial charge is 0.394 e. The van der Waals surface area contributed by atoms with Crippen LogP contribution in [0.3, 0.4) is 0 Å². The van der Waals surface area contributed by atoms with Crippen molar-refractivity contribution in [3.63, 3.8) is 0 Å². The van der Waals surface area contributed by atoms with Crippen LogP contribution in [0.2, 0.25) is 0 Å². The van der Waals surface area contributed by atoms with Crippen LogP contribution in [0.5, 0.6) is 0 Å². The number of hydrogen-bond acceptors (Lipinski definition) is 4. The van der Waals surface area contributed by atoms with Gasteiger partial charge in [0, 0.05) is 19.6 Å². The zero-order valence-corrected chi connectivity index (χ0v) is 11.5. The molecule has 1 fully saturated rings. The maximum Gasteiger partial charge on any atom is 0.0991 e. The molecule has 0 aliphatic carbocycles. The predicted octanol–water partition coefficient (Wildman–Crippen LogP) is 1.53. The monoisotopic (exact) mass is 260 g/mol. The second-order valence-corrected chi connectivity index (χ2v) is 5.66. The Morgan fingerprint density at radius 1 is 1.42 bits per heavy atom. The number of aliphatic hydroxyl groups excluding tert-OH is 1. The van der Waals surface area contributed by atoms with Crippen molar-refractivity contribution >= 4 is 0 Å². The molecule has 2 rings (SSSR count). The third-order valence-corrected chi connectivity index (χ3v) is 3.24. The third kappa shape index (κ3) is 3.77. The lowest BCUT2D eigenvalue weighted by molar-refractivity contribution is -0.150. The Balaban J connectivity index is 2.03. The summed E-state index contributed by atoms with van der Waals surface area (Å²) in [6.07, 6.45) is -0.123. The van der Waals surface area contributed by atoms with E-state index in [1.54, 1.807) is 0 Å². The minimum absolute atomic E-state index is 0.0489. The number of morpholine rings is 1. The smallest absolute Gasteiger partial charge is 0.0991 e. The molecule has 1 atom stereocenters. The van der Waals surface area contributed by atoms with Gasteiger partial charge in [-0.1, -0.05) is 12.1 Å². The van der Waals surface area contributed by atoms with E-state index in [1.165, 1.54) is 5.56 Å². The lowest BCUT2D eigenvalue weighted by Crippen LogP contribution is -2.53. The maximum absolute atomic E-state index is 9.29. The van der Waals surface area contributed by atoms with E-state index >= 15 is 0 Å². The van der Waals surface area contributed by atoms with Crippen molar-refractivity contribution in [1.29, 1.82) is 5.26 Å². The normalized spacial score (nSPS) is 22.9. The number of nitrogens with zero attached hydrogens (tertiary/aromatic N) is 2. The summed E-state index contributed by atoms with van der Waals surface area (Å²) < 4.78 is 5.79. The molecule has 1 aromatic rings. The molecular formula is C15H20N2O2. The van der Waals surface area contributed by atoms with Crippen LogP contribution in [-0.4, -0.2) is 41.4 Å². The van der Waals surface area contributed by atoms with Gasteiger partial charge in [-0.3, -0.25) is 4.90 Å². The minimum Gasteiger partial charge on any atom is -0.394 e. The second-order valence-electron chi connectivity index (χ2n) is 5.66. The van der Waals surface area contributed by atoms with E-state index in [4.69, 9.17) is 10.00 Å². The molecular weight excluding hydrogens is 240 g/mol. The second kappa shape index (κ2) is 5.70. The highest BCUT2D eigenvalue weighted by molar-refractivity contribution is 5.31. The average Bonchev–Trinajstić information content (AvgIpc) is 2.37. The molecule has 0 radical (unpaired) electrons. The van der Waals surface area contributed by atoms with E-state index in [1.807, 2.05) is 38.1 Å².